The van der Waals surface area contributed by atoms with Crippen LogP contribution < -0.4 is 5.73 Å². The monoisotopic (exact) mass is 269 g/mol. The molecule has 0 saturated carbocycles. The van der Waals surface area contributed by atoms with Gasteiger partial charge in [0.25, 0.3) is 0 Å². The maximum Gasteiger partial charge on any atom is 0.162 e. The Morgan fingerprint density at radius 3 is 2.79 bits per heavy atom. The molecule has 0 bridgehead atoms. The van der Waals surface area contributed by atoms with E-state index >= 15 is 0 Å². The van der Waals surface area contributed by atoms with Gasteiger partial charge in [0.1, 0.15) is 0 Å². The summed E-state index contributed by atoms with van der Waals surface area (Å²) in [4.78, 5) is 4.41. The molecule has 1 aromatic carbocycles. The molecule has 0 amide bonds. The summed E-state index contributed by atoms with van der Waals surface area (Å²) >= 11 is 0. The summed E-state index contributed by atoms with van der Waals surface area (Å²) in [5.41, 5.74) is 6.55. The number of nitrogens with zero attached hydrogens (tertiary/aromatic N) is 2. The van der Waals surface area contributed by atoms with Crippen LogP contribution in [-0.4, -0.2) is 55.6 Å². The van der Waals surface area contributed by atoms with E-state index in [1.807, 2.05) is 7.05 Å². The molecule has 0 radical (unpaired) electrons. The van der Waals surface area contributed by atoms with Crippen molar-refractivity contribution in [1.29, 1.82) is 0 Å². The molecule has 1 saturated heterocycles. The highest BCUT2D eigenvalue weighted by molar-refractivity contribution is 5.20. The molecule has 0 spiro atoms. The second-order valence-corrected chi connectivity index (χ2v) is 5.39. The quantitative estimate of drug-likeness (QED) is 0.891. The second-order valence-electron chi connectivity index (χ2n) is 5.39. The lowest BCUT2D eigenvalue weighted by Gasteiger charge is -2.40. The molecule has 0 aliphatic carbocycles. The average Bonchev–Trinajstić information content (AvgIpc) is 2.38. The lowest BCUT2D eigenvalue weighted by atomic mass is 9.97. The summed E-state index contributed by atoms with van der Waals surface area (Å²) in [6.07, 6.45) is 0.354. The molecule has 2 rings (SSSR count). The van der Waals surface area contributed by atoms with Crippen LogP contribution in [0.3, 0.4) is 0 Å². The van der Waals surface area contributed by atoms with Crippen molar-refractivity contribution in [3.8, 4) is 0 Å². The summed E-state index contributed by atoms with van der Waals surface area (Å²) in [5, 5.41) is 0. The van der Waals surface area contributed by atoms with E-state index in [0.717, 1.165) is 25.7 Å². The first-order valence-corrected chi connectivity index (χ1v) is 6.56. The number of hydrogen-bond acceptors (Lipinski definition) is 3. The Bertz CT molecular complexity index is 439. The van der Waals surface area contributed by atoms with Crippen molar-refractivity contribution in [2.45, 2.75) is 18.5 Å². The first-order valence-electron chi connectivity index (χ1n) is 6.56. The van der Waals surface area contributed by atoms with Crippen molar-refractivity contribution in [2.75, 3.05) is 33.7 Å². The summed E-state index contributed by atoms with van der Waals surface area (Å²) in [7, 11) is 4.08. The summed E-state index contributed by atoms with van der Waals surface area (Å²) in [6.45, 7) is 2.81. The van der Waals surface area contributed by atoms with E-state index < -0.39 is 11.6 Å². The van der Waals surface area contributed by atoms with E-state index in [9.17, 15) is 8.78 Å². The zero-order valence-electron chi connectivity index (χ0n) is 11.4. The number of nitrogens with two attached hydrogens (primary N) is 1. The van der Waals surface area contributed by atoms with E-state index in [0.29, 0.717) is 12.0 Å². The Balaban J connectivity index is 2.07. The van der Waals surface area contributed by atoms with Gasteiger partial charge in [0, 0.05) is 31.7 Å². The molecule has 0 aromatic heterocycles. The SMILES string of the molecule is CN1CCN(C)C(C(N)Cc2cccc(F)c2F)C1. The third-order valence-electron chi connectivity index (χ3n) is 3.88. The highest BCUT2D eigenvalue weighted by Crippen LogP contribution is 2.16. The maximum absolute atomic E-state index is 13.6. The Labute approximate surface area is 113 Å². The topological polar surface area (TPSA) is 32.5 Å². The van der Waals surface area contributed by atoms with Crippen LogP contribution >= 0.6 is 0 Å². The van der Waals surface area contributed by atoms with Gasteiger partial charge in [0.05, 0.1) is 0 Å². The second kappa shape index (κ2) is 5.94. The van der Waals surface area contributed by atoms with E-state index in [1.165, 1.54) is 6.07 Å². The van der Waals surface area contributed by atoms with Gasteiger partial charge < -0.3 is 10.6 Å². The molecule has 1 aliphatic rings. The molecule has 2 N–H and O–H groups in total. The van der Waals surface area contributed by atoms with Crippen molar-refractivity contribution in [2.24, 2.45) is 5.73 Å². The van der Waals surface area contributed by atoms with Crippen LogP contribution in [0.4, 0.5) is 8.78 Å². The van der Waals surface area contributed by atoms with Gasteiger partial charge in [-0.2, -0.15) is 0 Å². The lowest BCUT2D eigenvalue weighted by molar-refractivity contribution is 0.0971. The fourth-order valence-electron chi connectivity index (χ4n) is 2.60. The third-order valence-corrected chi connectivity index (χ3v) is 3.88. The minimum atomic E-state index is -0.807. The smallest absolute Gasteiger partial charge is 0.162 e. The van der Waals surface area contributed by atoms with E-state index in [4.69, 9.17) is 5.73 Å². The van der Waals surface area contributed by atoms with Gasteiger partial charge >= 0.3 is 0 Å². The number of hydrogen-bond donors (Lipinski definition) is 1. The first kappa shape index (κ1) is 14.4. The van der Waals surface area contributed by atoms with Gasteiger partial charge in [-0.15, -0.1) is 0 Å². The molecule has 1 aromatic rings. The van der Waals surface area contributed by atoms with Crippen LogP contribution in [0, 0.1) is 11.6 Å². The molecule has 1 heterocycles. The van der Waals surface area contributed by atoms with Crippen molar-refractivity contribution < 1.29 is 8.78 Å². The van der Waals surface area contributed by atoms with Crippen LogP contribution in [0.1, 0.15) is 5.56 Å². The molecular formula is C14H21F2N3. The molecule has 19 heavy (non-hydrogen) atoms. The third kappa shape index (κ3) is 3.29. The number of rotatable bonds is 3. The summed E-state index contributed by atoms with van der Waals surface area (Å²) < 4.78 is 26.8. The first-order chi connectivity index (χ1) is 8.99. The van der Waals surface area contributed by atoms with Crippen molar-refractivity contribution in [3.63, 3.8) is 0 Å². The van der Waals surface area contributed by atoms with Gasteiger partial charge in [0.2, 0.25) is 0 Å². The number of piperazine rings is 1. The normalized spacial score (nSPS) is 23.5. The predicted octanol–water partition coefficient (Wildman–Crippen LogP) is 1.08. The largest absolute Gasteiger partial charge is 0.326 e. The molecular weight excluding hydrogens is 248 g/mol. The van der Waals surface area contributed by atoms with Crippen LogP contribution in [0.25, 0.3) is 0 Å². The average molecular weight is 269 g/mol. The van der Waals surface area contributed by atoms with Crippen LogP contribution in [-0.2, 0) is 6.42 Å². The Kier molecular flexibility index (Phi) is 4.50. The molecule has 106 valence electrons. The Hall–Kier alpha value is -1.04. The number of benzene rings is 1. The molecule has 2 unspecified atom stereocenters. The van der Waals surface area contributed by atoms with Gasteiger partial charge in [0.15, 0.2) is 11.6 Å². The number of likely N-dealkylation sites (N-methyl/N-ethyl adjacent to an activating group) is 2. The zero-order valence-corrected chi connectivity index (χ0v) is 11.4. The molecule has 5 heteroatoms. The Morgan fingerprint density at radius 1 is 1.32 bits per heavy atom. The van der Waals surface area contributed by atoms with Crippen LogP contribution in [0.2, 0.25) is 0 Å². The van der Waals surface area contributed by atoms with E-state index in [1.54, 1.807) is 6.07 Å². The number of halogens is 2. The highest BCUT2D eigenvalue weighted by atomic mass is 19.2. The van der Waals surface area contributed by atoms with Gasteiger partial charge in [-0.1, -0.05) is 12.1 Å². The molecule has 2 atom stereocenters. The Morgan fingerprint density at radius 2 is 2.05 bits per heavy atom. The molecule has 3 nitrogen and oxygen atoms in total. The summed E-state index contributed by atoms with van der Waals surface area (Å²) in [6, 6.07) is 4.22. The molecule has 1 aliphatic heterocycles. The highest BCUT2D eigenvalue weighted by Gasteiger charge is 2.28. The van der Waals surface area contributed by atoms with Crippen LogP contribution in [0.5, 0.6) is 0 Å². The maximum atomic E-state index is 13.6. The van der Waals surface area contributed by atoms with E-state index in [2.05, 4.69) is 16.8 Å². The van der Waals surface area contributed by atoms with Crippen molar-refractivity contribution in [3.05, 3.63) is 35.4 Å². The fourth-order valence-corrected chi connectivity index (χ4v) is 2.60. The fraction of sp³-hybridized carbons (Fsp3) is 0.571. The minimum absolute atomic E-state index is 0.168. The van der Waals surface area contributed by atoms with Gasteiger partial charge in [-0.25, -0.2) is 8.78 Å². The van der Waals surface area contributed by atoms with Gasteiger partial charge in [-0.3, -0.25) is 4.90 Å². The minimum Gasteiger partial charge on any atom is -0.326 e. The van der Waals surface area contributed by atoms with Crippen LogP contribution in [0.15, 0.2) is 18.2 Å². The molecule has 1 fully saturated rings. The standard InChI is InChI=1S/C14H21F2N3/c1-18-6-7-19(2)13(9-18)12(17)8-10-4-3-5-11(15)14(10)16/h3-5,12-13H,6-9,17H2,1-2H3. The van der Waals surface area contributed by atoms with Crippen molar-refractivity contribution >= 4 is 0 Å². The van der Waals surface area contributed by atoms with E-state index in [-0.39, 0.29) is 12.1 Å². The van der Waals surface area contributed by atoms with Gasteiger partial charge in [-0.05, 0) is 32.1 Å². The summed E-state index contributed by atoms with van der Waals surface area (Å²) in [5.74, 6) is -1.58. The zero-order chi connectivity index (χ0) is 14.0. The predicted molar refractivity (Wildman–Crippen MR) is 72.0 cm³/mol. The lowest BCUT2D eigenvalue weighted by Crippen LogP contribution is -2.58. The van der Waals surface area contributed by atoms with Crippen molar-refractivity contribution in [1.82, 2.24) is 9.80 Å².